The molecule has 1 fully saturated rings. The van der Waals surface area contributed by atoms with Crippen LogP contribution in [0.3, 0.4) is 0 Å². The Bertz CT molecular complexity index is 667. The van der Waals surface area contributed by atoms with Crippen molar-refractivity contribution in [2.45, 2.75) is 24.8 Å². The van der Waals surface area contributed by atoms with Crippen molar-refractivity contribution in [2.24, 2.45) is 0 Å². The number of aromatic nitrogens is 2. The third-order valence-corrected chi connectivity index (χ3v) is 4.46. The molecule has 0 spiro atoms. The van der Waals surface area contributed by atoms with Gasteiger partial charge in [0.1, 0.15) is 12.3 Å². The smallest absolute Gasteiger partial charge is 0.224 e. The predicted octanol–water partition coefficient (Wildman–Crippen LogP) is 0.661. The van der Waals surface area contributed by atoms with Crippen molar-refractivity contribution in [1.82, 2.24) is 9.97 Å². The molecule has 9 heteroatoms. The lowest BCUT2D eigenvalue weighted by molar-refractivity contribution is 0.0484. The minimum atomic E-state index is -3.24. The average molecular weight is 334 g/mol. The van der Waals surface area contributed by atoms with Gasteiger partial charge in [0.15, 0.2) is 21.4 Å². The van der Waals surface area contributed by atoms with Crippen LogP contribution < -0.4 is 9.64 Å². The summed E-state index contributed by atoms with van der Waals surface area (Å²) in [4.78, 5) is 10.4. The van der Waals surface area contributed by atoms with Crippen LogP contribution in [-0.4, -0.2) is 56.5 Å². The number of rotatable bonds is 2. The fourth-order valence-corrected chi connectivity index (χ4v) is 3.58. The lowest BCUT2D eigenvalue weighted by Crippen LogP contribution is -2.56. The highest BCUT2D eigenvalue weighted by molar-refractivity contribution is 7.89. The highest BCUT2D eigenvalue weighted by atomic mass is 35.5. The normalized spacial score (nSPS) is 25.0. The molecule has 7 nitrogen and oxygen atoms in total. The molecule has 116 valence electrons. The summed E-state index contributed by atoms with van der Waals surface area (Å²) in [5, 5.41) is 0.0235. The van der Waals surface area contributed by atoms with Gasteiger partial charge in [0.05, 0.1) is 31.1 Å². The van der Waals surface area contributed by atoms with Crippen LogP contribution in [0.15, 0.2) is 0 Å². The second kappa shape index (κ2) is 5.26. The lowest BCUT2D eigenvalue weighted by Gasteiger charge is -2.44. The molecule has 0 radical (unpaired) electrons. The Kier molecular flexibility index (Phi) is 3.71. The number of fused-ring (bicyclic) bond motifs is 3. The van der Waals surface area contributed by atoms with Crippen molar-refractivity contribution in [2.75, 3.05) is 31.0 Å². The number of morpholine rings is 1. The first-order chi connectivity index (χ1) is 9.85. The summed E-state index contributed by atoms with van der Waals surface area (Å²) in [6.45, 7) is 3.57. The summed E-state index contributed by atoms with van der Waals surface area (Å²) >= 11 is 5.96. The third kappa shape index (κ3) is 2.93. The van der Waals surface area contributed by atoms with Gasteiger partial charge in [-0.25, -0.2) is 13.4 Å². The van der Waals surface area contributed by atoms with Gasteiger partial charge in [-0.15, -0.1) is 0 Å². The van der Waals surface area contributed by atoms with E-state index in [1.54, 1.807) is 0 Å². The number of hydrogen-bond acceptors (Lipinski definition) is 7. The van der Waals surface area contributed by atoms with E-state index < -0.39 is 9.84 Å². The predicted molar refractivity (Wildman–Crippen MR) is 77.6 cm³/mol. The van der Waals surface area contributed by atoms with Crippen LogP contribution in [0.2, 0.25) is 5.28 Å². The highest BCUT2D eigenvalue weighted by Gasteiger charge is 2.37. The molecule has 0 bridgehead atoms. The summed E-state index contributed by atoms with van der Waals surface area (Å²) in [6, 6.07) is 0.168. The highest BCUT2D eigenvalue weighted by Crippen LogP contribution is 2.38. The molecule has 0 amide bonds. The number of hydrogen-bond donors (Lipinski definition) is 0. The first-order valence-electron chi connectivity index (χ1n) is 6.58. The largest absolute Gasteiger partial charge is 0.486 e. The van der Waals surface area contributed by atoms with E-state index in [1.165, 1.54) is 0 Å². The van der Waals surface area contributed by atoms with Gasteiger partial charge in [-0.1, -0.05) is 0 Å². The minimum absolute atomic E-state index is 0.0235. The molecule has 3 heterocycles. The second-order valence-electron chi connectivity index (χ2n) is 5.42. The summed E-state index contributed by atoms with van der Waals surface area (Å²) in [5.74, 6) is 0.747. The monoisotopic (exact) mass is 333 g/mol. The van der Waals surface area contributed by atoms with Crippen LogP contribution in [0.1, 0.15) is 12.6 Å². The Morgan fingerprint density at radius 3 is 2.81 bits per heavy atom. The topological polar surface area (TPSA) is 81.6 Å². The Hall–Kier alpha value is -1.12. The van der Waals surface area contributed by atoms with Crippen molar-refractivity contribution in [3.63, 3.8) is 0 Å². The Morgan fingerprint density at radius 2 is 2.10 bits per heavy atom. The molecule has 3 rings (SSSR count). The summed E-state index contributed by atoms with van der Waals surface area (Å²) in [7, 11) is -3.24. The van der Waals surface area contributed by atoms with Crippen LogP contribution in [0.4, 0.5) is 5.82 Å². The van der Waals surface area contributed by atoms with Crippen molar-refractivity contribution in [3.8, 4) is 5.75 Å². The molecule has 1 saturated heterocycles. The molecule has 0 unspecified atom stereocenters. The van der Waals surface area contributed by atoms with Crippen LogP contribution >= 0.6 is 11.6 Å². The van der Waals surface area contributed by atoms with Crippen molar-refractivity contribution in [1.29, 1.82) is 0 Å². The van der Waals surface area contributed by atoms with Gasteiger partial charge in [0, 0.05) is 6.26 Å². The Labute approximate surface area is 128 Å². The van der Waals surface area contributed by atoms with E-state index >= 15 is 0 Å². The van der Waals surface area contributed by atoms with E-state index in [0.29, 0.717) is 37.1 Å². The Balaban J connectivity index is 2.08. The van der Waals surface area contributed by atoms with Gasteiger partial charge in [0.2, 0.25) is 5.28 Å². The number of anilines is 1. The molecule has 0 N–H and O–H groups in total. The molecule has 0 aliphatic carbocycles. The second-order valence-corrected chi connectivity index (χ2v) is 7.90. The van der Waals surface area contributed by atoms with Gasteiger partial charge in [0.25, 0.3) is 0 Å². The summed E-state index contributed by atoms with van der Waals surface area (Å²) < 4.78 is 34.3. The van der Waals surface area contributed by atoms with E-state index in [1.807, 2.05) is 6.92 Å². The maximum absolute atomic E-state index is 11.6. The van der Waals surface area contributed by atoms with Crippen LogP contribution in [0.5, 0.6) is 5.75 Å². The quantitative estimate of drug-likeness (QED) is 0.735. The van der Waals surface area contributed by atoms with E-state index in [9.17, 15) is 8.42 Å². The van der Waals surface area contributed by atoms with Crippen molar-refractivity contribution >= 4 is 27.3 Å². The molecule has 0 aromatic carbocycles. The SMILES string of the molecule is C[C@@H]1COC[C@H]2COc3c(CS(C)(=O)=O)nc(Cl)nc3N21. The molecular weight excluding hydrogens is 318 g/mol. The number of nitrogens with zero attached hydrogens (tertiary/aromatic N) is 3. The first-order valence-corrected chi connectivity index (χ1v) is 9.02. The van der Waals surface area contributed by atoms with Gasteiger partial charge < -0.3 is 14.4 Å². The van der Waals surface area contributed by atoms with Gasteiger partial charge >= 0.3 is 0 Å². The number of halogens is 1. The maximum atomic E-state index is 11.6. The molecular formula is C12H16ClN3O4S. The van der Waals surface area contributed by atoms with E-state index in [2.05, 4.69) is 14.9 Å². The lowest BCUT2D eigenvalue weighted by atomic mass is 10.1. The first kappa shape index (κ1) is 14.8. The van der Waals surface area contributed by atoms with Gasteiger partial charge in [-0.2, -0.15) is 4.98 Å². The maximum Gasteiger partial charge on any atom is 0.224 e. The fourth-order valence-electron chi connectivity index (χ4n) is 2.71. The molecule has 21 heavy (non-hydrogen) atoms. The molecule has 1 aromatic rings. The average Bonchev–Trinajstić information content (AvgIpc) is 2.36. The third-order valence-electron chi connectivity index (χ3n) is 3.49. The van der Waals surface area contributed by atoms with Crippen LogP contribution in [-0.2, 0) is 20.3 Å². The number of sulfone groups is 1. The zero-order valence-electron chi connectivity index (χ0n) is 11.7. The summed E-state index contributed by atoms with van der Waals surface area (Å²) in [6.07, 6.45) is 1.15. The summed E-state index contributed by atoms with van der Waals surface area (Å²) in [5.41, 5.74) is 0.310. The fraction of sp³-hybridized carbons (Fsp3) is 0.667. The molecule has 2 aliphatic heterocycles. The van der Waals surface area contributed by atoms with Crippen molar-refractivity contribution in [3.05, 3.63) is 11.0 Å². The zero-order chi connectivity index (χ0) is 15.2. The molecule has 0 saturated carbocycles. The van der Waals surface area contributed by atoms with E-state index in [4.69, 9.17) is 21.1 Å². The van der Waals surface area contributed by atoms with Crippen LogP contribution in [0.25, 0.3) is 0 Å². The van der Waals surface area contributed by atoms with Gasteiger partial charge in [-0.05, 0) is 18.5 Å². The zero-order valence-corrected chi connectivity index (χ0v) is 13.3. The molecule has 2 aliphatic rings. The van der Waals surface area contributed by atoms with Crippen LogP contribution in [0, 0.1) is 0 Å². The minimum Gasteiger partial charge on any atom is -0.486 e. The molecule has 1 aromatic heterocycles. The standard InChI is InChI=1S/C12H16ClN3O4S/c1-7-3-19-4-8-5-20-10-9(6-21(2,17)18)14-12(13)15-11(10)16(7)8/h7-8H,3-6H2,1-2H3/t7-,8+/m1/s1. The van der Waals surface area contributed by atoms with E-state index in [0.717, 1.165) is 6.26 Å². The molecule has 2 atom stereocenters. The Morgan fingerprint density at radius 1 is 1.33 bits per heavy atom. The number of ether oxygens (including phenoxy) is 2. The van der Waals surface area contributed by atoms with Crippen molar-refractivity contribution < 1.29 is 17.9 Å². The van der Waals surface area contributed by atoms with E-state index in [-0.39, 0.29) is 23.1 Å². The van der Waals surface area contributed by atoms with Gasteiger partial charge in [-0.3, -0.25) is 0 Å².